The van der Waals surface area contributed by atoms with Crippen LogP contribution in [-0.2, 0) is 4.79 Å². The minimum absolute atomic E-state index is 0.107. The molecule has 162 valence electrons. The zero-order valence-corrected chi connectivity index (χ0v) is 19.7. The number of furan rings is 1. The van der Waals surface area contributed by atoms with Gasteiger partial charge in [-0.15, -0.1) is 10.2 Å². The topological polar surface area (TPSA) is 83.6 Å². The maximum absolute atomic E-state index is 13.3. The second-order valence-electron chi connectivity index (χ2n) is 7.40. The van der Waals surface area contributed by atoms with Crippen LogP contribution >= 0.6 is 34.7 Å². The molecule has 0 fully saturated rings. The summed E-state index contributed by atoms with van der Waals surface area (Å²) in [7, 11) is 0. The highest BCUT2D eigenvalue weighted by molar-refractivity contribution is 8.02. The van der Waals surface area contributed by atoms with Gasteiger partial charge in [0.1, 0.15) is 11.8 Å². The first-order chi connectivity index (χ1) is 14.9. The molecule has 0 aliphatic carbocycles. The number of carbonyl (C=O) groups excluding carboxylic acids is 1. The molecule has 7 nitrogen and oxygen atoms in total. The minimum atomic E-state index is -0.384. The van der Waals surface area contributed by atoms with Crippen LogP contribution in [0.4, 0.5) is 5.13 Å². The molecular weight excluding hydrogens is 454 g/mol. The van der Waals surface area contributed by atoms with E-state index in [1.807, 2.05) is 57.2 Å². The predicted octanol–water partition coefficient (Wildman–Crippen LogP) is 5.46. The molecule has 0 bridgehead atoms. The molecule has 2 atom stereocenters. The van der Waals surface area contributed by atoms with Crippen molar-refractivity contribution >= 4 is 51.5 Å². The van der Waals surface area contributed by atoms with Crippen LogP contribution in [0.25, 0.3) is 0 Å². The van der Waals surface area contributed by atoms with Gasteiger partial charge < -0.3 is 9.73 Å². The standard InChI is InChI=1S/C21H22ClN5O2S2/c1-12(2)23-20-24-25-21(31-20)30-13(3)19(28)27-17(18-5-4-10-29-18)11-16(26-27)14-6-8-15(22)9-7-14/h4-10,12-13,17H,11H2,1-3H3,(H,23,24). The monoisotopic (exact) mass is 475 g/mol. The summed E-state index contributed by atoms with van der Waals surface area (Å²) < 4.78 is 6.35. The molecule has 2 aromatic heterocycles. The first kappa shape index (κ1) is 21.9. The zero-order chi connectivity index (χ0) is 22.0. The third-order valence-corrected chi connectivity index (χ3v) is 6.91. The molecular formula is C21H22ClN5O2S2. The number of nitrogens with zero attached hydrogens (tertiary/aromatic N) is 4. The summed E-state index contributed by atoms with van der Waals surface area (Å²) in [5.74, 6) is 0.599. The van der Waals surface area contributed by atoms with Gasteiger partial charge in [0, 0.05) is 17.5 Å². The van der Waals surface area contributed by atoms with E-state index in [0.29, 0.717) is 17.2 Å². The Morgan fingerprint density at radius 1 is 1.26 bits per heavy atom. The number of halogens is 1. The van der Waals surface area contributed by atoms with Gasteiger partial charge in [-0.05, 0) is 50.6 Å². The number of hydrogen-bond donors (Lipinski definition) is 1. The van der Waals surface area contributed by atoms with Crippen LogP contribution in [0.1, 0.15) is 44.6 Å². The Bertz CT molecular complexity index is 1070. The molecule has 3 heterocycles. The van der Waals surface area contributed by atoms with Crippen molar-refractivity contribution in [1.82, 2.24) is 15.2 Å². The number of hydrazone groups is 1. The van der Waals surface area contributed by atoms with Gasteiger partial charge in [0.25, 0.3) is 5.91 Å². The molecule has 0 saturated heterocycles. The molecule has 1 amide bonds. The maximum Gasteiger partial charge on any atom is 0.256 e. The number of nitrogens with one attached hydrogen (secondary N) is 1. The Morgan fingerprint density at radius 2 is 2.03 bits per heavy atom. The highest BCUT2D eigenvalue weighted by Crippen LogP contribution is 2.36. The molecule has 1 aromatic carbocycles. The van der Waals surface area contributed by atoms with E-state index in [4.69, 9.17) is 16.0 Å². The zero-order valence-electron chi connectivity index (χ0n) is 17.3. The molecule has 4 rings (SSSR count). The van der Waals surface area contributed by atoms with E-state index in [1.54, 1.807) is 6.26 Å². The maximum atomic E-state index is 13.3. The van der Waals surface area contributed by atoms with Gasteiger partial charge in [0.2, 0.25) is 5.13 Å². The van der Waals surface area contributed by atoms with Crippen molar-refractivity contribution in [3.8, 4) is 0 Å². The molecule has 0 radical (unpaired) electrons. The van der Waals surface area contributed by atoms with E-state index in [2.05, 4.69) is 20.6 Å². The van der Waals surface area contributed by atoms with Gasteiger partial charge in [-0.2, -0.15) is 5.10 Å². The molecule has 0 saturated carbocycles. The lowest BCUT2D eigenvalue weighted by Crippen LogP contribution is -2.33. The smallest absolute Gasteiger partial charge is 0.256 e. The van der Waals surface area contributed by atoms with Crippen molar-refractivity contribution < 1.29 is 9.21 Å². The molecule has 1 N–H and O–H groups in total. The van der Waals surface area contributed by atoms with Gasteiger partial charge in [-0.3, -0.25) is 4.79 Å². The molecule has 1 aliphatic rings. The van der Waals surface area contributed by atoms with Gasteiger partial charge in [-0.25, -0.2) is 5.01 Å². The van der Waals surface area contributed by atoms with Gasteiger partial charge in [0.05, 0.1) is 17.2 Å². The molecule has 10 heteroatoms. The fraction of sp³-hybridized carbons (Fsp3) is 0.333. The average molecular weight is 476 g/mol. The number of benzene rings is 1. The summed E-state index contributed by atoms with van der Waals surface area (Å²) in [6.07, 6.45) is 2.18. The summed E-state index contributed by atoms with van der Waals surface area (Å²) in [6.45, 7) is 5.94. The summed E-state index contributed by atoms with van der Waals surface area (Å²) in [5.41, 5.74) is 1.76. The summed E-state index contributed by atoms with van der Waals surface area (Å²) in [6, 6.07) is 11.1. The van der Waals surface area contributed by atoms with Crippen molar-refractivity contribution in [1.29, 1.82) is 0 Å². The number of rotatable bonds is 7. The van der Waals surface area contributed by atoms with Crippen LogP contribution in [0.5, 0.6) is 0 Å². The second-order valence-corrected chi connectivity index (χ2v) is 10.4. The van der Waals surface area contributed by atoms with E-state index in [-0.39, 0.29) is 23.2 Å². The Kier molecular flexibility index (Phi) is 6.64. The highest BCUT2D eigenvalue weighted by atomic mass is 35.5. The number of hydrogen-bond acceptors (Lipinski definition) is 8. The summed E-state index contributed by atoms with van der Waals surface area (Å²) in [4.78, 5) is 13.3. The number of aromatic nitrogens is 2. The lowest BCUT2D eigenvalue weighted by atomic mass is 10.0. The number of carbonyl (C=O) groups is 1. The quantitative estimate of drug-likeness (QED) is 0.456. The fourth-order valence-electron chi connectivity index (χ4n) is 3.18. The first-order valence-electron chi connectivity index (χ1n) is 9.87. The van der Waals surface area contributed by atoms with Gasteiger partial charge >= 0.3 is 0 Å². The fourth-order valence-corrected chi connectivity index (χ4v) is 5.39. The SMILES string of the molecule is CC(C)Nc1nnc(SC(C)C(=O)N2N=C(c3ccc(Cl)cc3)CC2c2ccco2)s1. The van der Waals surface area contributed by atoms with E-state index in [9.17, 15) is 4.79 Å². The largest absolute Gasteiger partial charge is 0.467 e. The highest BCUT2D eigenvalue weighted by Gasteiger charge is 2.37. The number of amides is 1. The van der Waals surface area contributed by atoms with Crippen molar-refractivity contribution in [3.05, 3.63) is 59.0 Å². The molecule has 0 spiro atoms. The lowest BCUT2D eigenvalue weighted by Gasteiger charge is -2.22. The van der Waals surface area contributed by atoms with Crippen LogP contribution in [0.2, 0.25) is 5.02 Å². The van der Waals surface area contributed by atoms with Crippen molar-refractivity contribution in [2.45, 2.75) is 48.9 Å². The minimum Gasteiger partial charge on any atom is -0.467 e. The Balaban J connectivity index is 1.54. The van der Waals surface area contributed by atoms with E-state index in [1.165, 1.54) is 28.1 Å². The van der Waals surface area contributed by atoms with Crippen LogP contribution in [0.15, 0.2) is 56.5 Å². The summed E-state index contributed by atoms with van der Waals surface area (Å²) >= 11 is 8.84. The third-order valence-electron chi connectivity index (χ3n) is 4.63. The van der Waals surface area contributed by atoms with E-state index >= 15 is 0 Å². The van der Waals surface area contributed by atoms with Crippen molar-refractivity contribution in [2.75, 3.05) is 5.32 Å². The van der Waals surface area contributed by atoms with Gasteiger partial charge in [0.15, 0.2) is 4.34 Å². The van der Waals surface area contributed by atoms with Crippen LogP contribution < -0.4 is 5.32 Å². The number of anilines is 1. The Labute approximate surface area is 193 Å². The van der Waals surface area contributed by atoms with Crippen LogP contribution in [-0.4, -0.2) is 38.1 Å². The first-order valence-corrected chi connectivity index (χ1v) is 11.9. The van der Waals surface area contributed by atoms with E-state index in [0.717, 1.165) is 20.7 Å². The second kappa shape index (κ2) is 9.42. The molecule has 1 aliphatic heterocycles. The predicted molar refractivity (Wildman–Crippen MR) is 125 cm³/mol. The van der Waals surface area contributed by atoms with Crippen LogP contribution in [0, 0.1) is 0 Å². The number of thioether (sulfide) groups is 1. The third kappa shape index (κ3) is 5.11. The van der Waals surface area contributed by atoms with E-state index < -0.39 is 0 Å². The van der Waals surface area contributed by atoms with Crippen LogP contribution in [0.3, 0.4) is 0 Å². The molecule has 3 aromatic rings. The Morgan fingerprint density at radius 3 is 2.71 bits per heavy atom. The summed E-state index contributed by atoms with van der Waals surface area (Å²) in [5, 5.41) is 18.8. The van der Waals surface area contributed by atoms with Crippen molar-refractivity contribution in [3.63, 3.8) is 0 Å². The average Bonchev–Trinajstić information content (AvgIpc) is 3.48. The molecule has 2 unspecified atom stereocenters. The van der Waals surface area contributed by atoms with Gasteiger partial charge in [-0.1, -0.05) is 46.8 Å². The van der Waals surface area contributed by atoms with Crippen molar-refractivity contribution in [2.24, 2.45) is 5.10 Å². The normalized spacial score (nSPS) is 17.1. The molecule has 31 heavy (non-hydrogen) atoms. The lowest BCUT2D eigenvalue weighted by molar-refractivity contribution is -0.132. The Hall–Kier alpha value is -2.36.